The van der Waals surface area contributed by atoms with Crippen molar-refractivity contribution in [1.82, 2.24) is 9.97 Å². The largest absolute Gasteiger partial charge is 0.436 e. The molecule has 1 saturated heterocycles. The lowest BCUT2D eigenvalue weighted by Crippen LogP contribution is -2.37. The summed E-state index contributed by atoms with van der Waals surface area (Å²) in [6.07, 6.45) is 5.70. The first-order chi connectivity index (χ1) is 10.4. The Morgan fingerprint density at radius 2 is 1.76 bits per heavy atom. The fraction of sp³-hybridized carbons (Fsp3) is 0.375. The van der Waals surface area contributed by atoms with Crippen LogP contribution in [0.25, 0.3) is 0 Å². The first-order valence-electron chi connectivity index (χ1n) is 7.18. The molecular weight excluding hydrogens is 266 g/mol. The smallest absolute Gasteiger partial charge is 0.263 e. The van der Waals surface area contributed by atoms with Gasteiger partial charge in [0.25, 0.3) is 5.88 Å². The highest BCUT2D eigenvalue weighted by molar-refractivity contribution is 5.49. The van der Waals surface area contributed by atoms with Crippen molar-refractivity contribution in [2.24, 2.45) is 0 Å². The molecule has 5 heteroatoms. The van der Waals surface area contributed by atoms with Crippen LogP contribution >= 0.6 is 0 Å². The van der Waals surface area contributed by atoms with Crippen molar-refractivity contribution < 1.29 is 9.47 Å². The van der Waals surface area contributed by atoms with Crippen LogP contribution < -0.4 is 9.64 Å². The first-order valence-corrected chi connectivity index (χ1v) is 7.18. The van der Waals surface area contributed by atoms with Gasteiger partial charge < -0.3 is 14.4 Å². The van der Waals surface area contributed by atoms with Crippen LogP contribution in [-0.2, 0) is 4.74 Å². The molecule has 0 unspecified atom stereocenters. The molecule has 5 nitrogen and oxygen atoms in total. The second-order valence-corrected chi connectivity index (χ2v) is 5.02. The normalized spacial score (nSPS) is 16.0. The van der Waals surface area contributed by atoms with Crippen LogP contribution in [0.2, 0.25) is 0 Å². The highest BCUT2D eigenvalue weighted by Gasteiger charge is 2.22. The van der Waals surface area contributed by atoms with Crippen LogP contribution in [0.5, 0.6) is 11.6 Å². The second kappa shape index (κ2) is 6.54. The number of hydrogen-bond donors (Lipinski definition) is 0. The van der Waals surface area contributed by atoms with Crippen LogP contribution in [0.1, 0.15) is 12.8 Å². The van der Waals surface area contributed by atoms with E-state index < -0.39 is 0 Å². The summed E-state index contributed by atoms with van der Waals surface area (Å²) in [6.45, 7) is 1.81. The quantitative estimate of drug-likeness (QED) is 0.864. The van der Waals surface area contributed by atoms with Gasteiger partial charge in [-0.2, -0.15) is 0 Å². The average molecular weight is 285 g/mol. The van der Waals surface area contributed by atoms with Crippen molar-refractivity contribution in [3.8, 4) is 11.6 Å². The molecule has 1 aliphatic rings. The minimum atomic E-state index is 0.344. The molecule has 1 aliphatic heterocycles. The van der Waals surface area contributed by atoms with Gasteiger partial charge in [-0.1, -0.05) is 18.2 Å². The number of ether oxygens (including phenoxy) is 2. The lowest BCUT2D eigenvalue weighted by atomic mass is 10.1. The van der Waals surface area contributed by atoms with Crippen molar-refractivity contribution in [2.75, 3.05) is 25.1 Å². The second-order valence-electron chi connectivity index (χ2n) is 5.02. The Labute approximate surface area is 124 Å². The van der Waals surface area contributed by atoms with E-state index in [1.165, 1.54) is 0 Å². The molecule has 0 aliphatic carbocycles. The summed E-state index contributed by atoms with van der Waals surface area (Å²) in [4.78, 5) is 11.0. The highest BCUT2D eigenvalue weighted by atomic mass is 16.5. The third-order valence-electron chi connectivity index (χ3n) is 3.68. The van der Waals surface area contributed by atoms with Gasteiger partial charge in [-0.25, -0.2) is 9.97 Å². The first kappa shape index (κ1) is 13.8. The number of methoxy groups -OCH3 is 1. The molecule has 1 fully saturated rings. The molecular formula is C16H19N3O2. The van der Waals surface area contributed by atoms with Crippen molar-refractivity contribution in [2.45, 2.75) is 18.9 Å². The van der Waals surface area contributed by atoms with Crippen molar-refractivity contribution >= 4 is 5.82 Å². The van der Waals surface area contributed by atoms with E-state index in [2.05, 4.69) is 14.9 Å². The maximum Gasteiger partial charge on any atom is 0.263 e. The zero-order chi connectivity index (χ0) is 14.5. The topological polar surface area (TPSA) is 47.5 Å². The van der Waals surface area contributed by atoms with E-state index in [1.807, 2.05) is 30.3 Å². The zero-order valence-corrected chi connectivity index (χ0v) is 12.1. The summed E-state index contributed by atoms with van der Waals surface area (Å²) >= 11 is 0. The van der Waals surface area contributed by atoms with E-state index in [-0.39, 0.29) is 0 Å². The van der Waals surface area contributed by atoms with E-state index in [9.17, 15) is 0 Å². The Balaban J connectivity index is 1.77. The number of anilines is 1. The van der Waals surface area contributed by atoms with Crippen LogP contribution in [0.3, 0.4) is 0 Å². The summed E-state index contributed by atoms with van der Waals surface area (Å²) in [5, 5.41) is 0. The zero-order valence-electron chi connectivity index (χ0n) is 12.1. The number of piperidine rings is 1. The predicted octanol–water partition coefficient (Wildman–Crippen LogP) is 2.88. The average Bonchev–Trinajstić information content (AvgIpc) is 2.56. The monoisotopic (exact) mass is 285 g/mol. The molecule has 0 amide bonds. The third-order valence-corrected chi connectivity index (χ3v) is 3.68. The molecule has 0 saturated carbocycles. The highest BCUT2D eigenvalue weighted by Crippen LogP contribution is 2.29. The van der Waals surface area contributed by atoms with Gasteiger partial charge in [-0.15, -0.1) is 0 Å². The fourth-order valence-electron chi connectivity index (χ4n) is 2.51. The molecule has 0 bridgehead atoms. The molecule has 1 aromatic carbocycles. The van der Waals surface area contributed by atoms with Gasteiger partial charge in [0, 0.05) is 32.6 Å². The maximum atomic E-state index is 5.87. The standard InChI is InChI=1S/C16H19N3O2/c1-20-13-7-11-19(12-8-13)15-16(18-10-9-17-15)21-14-5-3-2-4-6-14/h2-6,9-10,13H,7-8,11-12H2,1H3. The van der Waals surface area contributed by atoms with E-state index in [1.54, 1.807) is 19.5 Å². The molecule has 3 rings (SSSR count). The fourth-order valence-corrected chi connectivity index (χ4v) is 2.51. The number of aromatic nitrogens is 2. The lowest BCUT2D eigenvalue weighted by molar-refractivity contribution is 0.0817. The molecule has 2 aromatic rings. The van der Waals surface area contributed by atoms with Crippen LogP contribution in [-0.4, -0.2) is 36.3 Å². The van der Waals surface area contributed by atoms with Gasteiger partial charge in [0.1, 0.15) is 5.75 Å². The molecule has 0 radical (unpaired) electrons. The molecule has 0 N–H and O–H groups in total. The van der Waals surface area contributed by atoms with E-state index >= 15 is 0 Å². The van der Waals surface area contributed by atoms with E-state index in [0.717, 1.165) is 37.5 Å². The summed E-state index contributed by atoms with van der Waals surface area (Å²) in [6, 6.07) is 9.66. The van der Waals surface area contributed by atoms with Crippen molar-refractivity contribution in [1.29, 1.82) is 0 Å². The van der Waals surface area contributed by atoms with Crippen molar-refractivity contribution in [3.05, 3.63) is 42.7 Å². The SMILES string of the molecule is COC1CCN(c2nccnc2Oc2ccccc2)CC1. The van der Waals surface area contributed by atoms with Gasteiger partial charge in [0.2, 0.25) is 0 Å². The van der Waals surface area contributed by atoms with Gasteiger partial charge >= 0.3 is 0 Å². The Kier molecular flexibility index (Phi) is 4.31. The summed E-state index contributed by atoms with van der Waals surface area (Å²) in [7, 11) is 1.77. The Hall–Kier alpha value is -2.14. The van der Waals surface area contributed by atoms with Gasteiger partial charge in [0.05, 0.1) is 6.10 Å². The minimum absolute atomic E-state index is 0.344. The predicted molar refractivity (Wildman–Crippen MR) is 80.8 cm³/mol. The van der Waals surface area contributed by atoms with Crippen LogP contribution in [0, 0.1) is 0 Å². The van der Waals surface area contributed by atoms with Crippen molar-refractivity contribution in [3.63, 3.8) is 0 Å². The summed E-state index contributed by atoms with van der Waals surface area (Å²) in [5.74, 6) is 2.13. The van der Waals surface area contributed by atoms with Crippen LogP contribution in [0.15, 0.2) is 42.7 Å². The number of benzene rings is 1. The molecule has 2 heterocycles. The molecule has 110 valence electrons. The minimum Gasteiger partial charge on any atom is -0.436 e. The Bertz CT molecular complexity index is 569. The van der Waals surface area contributed by atoms with E-state index in [4.69, 9.17) is 9.47 Å². The third kappa shape index (κ3) is 3.31. The maximum absolute atomic E-state index is 5.87. The van der Waals surface area contributed by atoms with Gasteiger partial charge in [0.15, 0.2) is 5.82 Å². The van der Waals surface area contributed by atoms with E-state index in [0.29, 0.717) is 12.0 Å². The Morgan fingerprint density at radius 1 is 1.05 bits per heavy atom. The van der Waals surface area contributed by atoms with Gasteiger partial charge in [-0.3, -0.25) is 0 Å². The number of hydrogen-bond acceptors (Lipinski definition) is 5. The molecule has 1 aromatic heterocycles. The Morgan fingerprint density at radius 3 is 2.48 bits per heavy atom. The lowest BCUT2D eigenvalue weighted by Gasteiger charge is -2.32. The van der Waals surface area contributed by atoms with Gasteiger partial charge in [-0.05, 0) is 25.0 Å². The summed E-state index contributed by atoms with van der Waals surface area (Å²) in [5.41, 5.74) is 0. The van der Waals surface area contributed by atoms with Crippen LogP contribution in [0.4, 0.5) is 5.82 Å². The number of rotatable bonds is 4. The molecule has 0 spiro atoms. The molecule has 0 atom stereocenters. The number of para-hydroxylation sites is 1. The summed E-state index contributed by atoms with van der Waals surface area (Å²) < 4.78 is 11.3. The molecule has 21 heavy (non-hydrogen) atoms. The number of nitrogens with zero attached hydrogens (tertiary/aromatic N) is 3.